The Kier molecular flexibility index (Phi) is 5.72. The molecular formula is C24H25N7O3. The number of carbonyl (C=O) groups excluding carboxylic acids is 1. The molecule has 2 N–H and O–H groups in total. The van der Waals surface area contributed by atoms with E-state index in [4.69, 9.17) is 9.47 Å². The van der Waals surface area contributed by atoms with Crippen LogP contribution < -0.4 is 10.2 Å². The molecule has 0 spiro atoms. The molecular weight excluding hydrogens is 434 g/mol. The van der Waals surface area contributed by atoms with E-state index >= 15 is 0 Å². The molecule has 174 valence electrons. The Bertz CT molecular complexity index is 1300. The van der Waals surface area contributed by atoms with Crippen LogP contribution in [0, 0.1) is 6.92 Å². The van der Waals surface area contributed by atoms with Gasteiger partial charge < -0.3 is 24.3 Å². The molecule has 0 fully saturated rings. The number of fused-ring (bicyclic) bond motifs is 1. The van der Waals surface area contributed by atoms with Gasteiger partial charge in [-0.1, -0.05) is 18.2 Å². The Balaban J connectivity index is 1.44. The van der Waals surface area contributed by atoms with Crippen molar-refractivity contribution in [3.63, 3.8) is 0 Å². The molecule has 3 heterocycles. The van der Waals surface area contributed by atoms with E-state index < -0.39 is 6.35 Å². The first-order valence-corrected chi connectivity index (χ1v) is 11.0. The third-order valence-electron chi connectivity index (χ3n) is 5.70. The molecule has 0 radical (unpaired) electrons. The lowest BCUT2D eigenvalue weighted by Crippen LogP contribution is -2.37. The summed E-state index contributed by atoms with van der Waals surface area (Å²) in [5.74, 6) is 0.182. The molecule has 1 unspecified atom stereocenters. The lowest BCUT2D eigenvalue weighted by molar-refractivity contribution is 0.0526. The number of aromatic amines is 1. The van der Waals surface area contributed by atoms with Crippen LogP contribution in [0.3, 0.4) is 0 Å². The van der Waals surface area contributed by atoms with Crippen molar-refractivity contribution in [1.82, 2.24) is 25.2 Å². The Morgan fingerprint density at radius 3 is 2.71 bits per heavy atom. The lowest BCUT2D eigenvalue weighted by atomic mass is 10.1. The van der Waals surface area contributed by atoms with Crippen LogP contribution in [0.15, 0.2) is 54.7 Å². The number of carbonyl (C=O) groups is 1. The van der Waals surface area contributed by atoms with Crippen molar-refractivity contribution in [3.05, 3.63) is 71.4 Å². The molecule has 0 amide bonds. The van der Waals surface area contributed by atoms with Gasteiger partial charge in [0, 0.05) is 25.5 Å². The number of hydrogen-bond acceptors (Lipinski definition) is 8. The minimum atomic E-state index is -0.401. The number of anilines is 2. The van der Waals surface area contributed by atoms with Crippen LogP contribution in [0.1, 0.15) is 28.4 Å². The van der Waals surface area contributed by atoms with Gasteiger partial charge in [-0.25, -0.2) is 4.79 Å². The van der Waals surface area contributed by atoms with Gasteiger partial charge >= 0.3 is 5.97 Å². The van der Waals surface area contributed by atoms with Crippen LogP contribution in [-0.4, -0.2) is 51.2 Å². The van der Waals surface area contributed by atoms with Crippen molar-refractivity contribution in [3.8, 4) is 17.2 Å². The molecule has 5 rings (SSSR count). The highest BCUT2D eigenvalue weighted by atomic mass is 16.5. The first-order valence-electron chi connectivity index (χ1n) is 11.0. The van der Waals surface area contributed by atoms with Crippen molar-refractivity contribution in [2.24, 2.45) is 0 Å². The first kappa shape index (κ1) is 21.7. The minimum Gasteiger partial charge on any atom is -0.462 e. The number of hydrogen-bond donors (Lipinski definition) is 2. The van der Waals surface area contributed by atoms with Crippen LogP contribution in [-0.2, 0) is 16.0 Å². The van der Waals surface area contributed by atoms with Gasteiger partial charge in [0.25, 0.3) is 0 Å². The van der Waals surface area contributed by atoms with Gasteiger partial charge in [0.2, 0.25) is 12.2 Å². The molecule has 1 aliphatic heterocycles. The van der Waals surface area contributed by atoms with Gasteiger partial charge in [-0.2, -0.15) is 5.21 Å². The maximum atomic E-state index is 12.6. The summed E-state index contributed by atoms with van der Waals surface area (Å²) in [4.78, 5) is 14.6. The van der Waals surface area contributed by atoms with Gasteiger partial charge in [0.15, 0.2) is 0 Å². The zero-order valence-corrected chi connectivity index (χ0v) is 19.1. The average molecular weight is 460 g/mol. The Hall–Kier alpha value is -4.18. The average Bonchev–Trinajstić information content (AvgIpc) is 3.58. The topological polar surface area (TPSA) is 110 Å². The summed E-state index contributed by atoms with van der Waals surface area (Å²) in [5.41, 5.74) is 6.11. The zero-order valence-electron chi connectivity index (χ0n) is 19.1. The number of methoxy groups -OCH3 is 1. The highest BCUT2D eigenvalue weighted by Gasteiger charge is 2.33. The van der Waals surface area contributed by atoms with Crippen molar-refractivity contribution in [1.29, 1.82) is 0 Å². The molecule has 4 aromatic rings. The molecule has 0 bridgehead atoms. The first-order chi connectivity index (χ1) is 16.6. The second kappa shape index (κ2) is 8.99. The number of para-hydroxylation sites is 1. The fraction of sp³-hybridized carbons (Fsp3) is 0.250. The van der Waals surface area contributed by atoms with Crippen molar-refractivity contribution in [2.45, 2.75) is 26.7 Å². The van der Waals surface area contributed by atoms with E-state index in [1.54, 1.807) is 20.1 Å². The Morgan fingerprint density at radius 1 is 1.18 bits per heavy atom. The number of nitrogens with one attached hydrogen (secondary N) is 2. The smallest absolute Gasteiger partial charge is 0.340 e. The fourth-order valence-electron chi connectivity index (χ4n) is 4.23. The molecule has 0 saturated carbocycles. The molecule has 10 nitrogen and oxygen atoms in total. The van der Waals surface area contributed by atoms with Crippen LogP contribution in [0.5, 0.6) is 0 Å². The summed E-state index contributed by atoms with van der Waals surface area (Å²) in [6.45, 7) is 4.68. The third-order valence-corrected chi connectivity index (χ3v) is 5.70. The van der Waals surface area contributed by atoms with E-state index in [-0.39, 0.29) is 5.97 Å². The standard InChI is InChI=1S/C24H25N7O3/c1-4-34-23(32)18-6-5-7-19-21(18)31(24(25-19)33-3)14-16-8-10-17(11-9-16)30-13-15(2)12-20(30)22-26-28-29-27-22/h5-13,24-25H,4,14H2,1-3H3,(H,26,27,28,29). The van der Waals surface area contributed by atoms with E-state index in [1.165, 1.54) is 0 Å². The normalized spacial score (nSPS) is 14.7. The van der Waals surface area contributed by atoms with Crippen LogP contribution in [0.25, 0.3) is 17.2 Å². The lowest BCUT2D eigenvalue weighted by Gasteiger charge is -2.26. The summed E-state index contributed by atoms with van der Waals surface area (Å²) < 4.78 is 13.0. The van der Waals surface area contributed by atoms with Gasteiger partial charge in [-0.3, -0.25) is 0 Å². The summed E-state index contributed by atoms with van der Waals surface area (Å²) >= 11 is 0. The Labute approximate surface area is 196 Å². The fourth-order valence-corrected chi connectivity index (χ4v) is 4.23. The van der Waals surface area contributed by atoms with Crippen molar-refractivity contribution in [2.75, 3.05) is 23.9 Å². The van der Waals surface area contributed by atoms with Crippen molar-refractivity contribution >= 4 is 17.3 Å². The largest absolute Gasteiger partial charge is 0.462 e. The summed E-state index contributed by atoms with van der Waals surface area (Å²) in [6, 6.07) is 15.8. The predicted octanol–water partition coefficient (Wildman–Crippen LogP) is 3.50. The SMILES string of the molecule is CCOC(=O)c1cccc2c1N(Cc1ccc(-n3cc(C)cc3-c3nn[nH]n3)cc1)C(OC)N2. The van der Waals surface area contributed by atoms with Crippen molar-refractivity contribution < 1.29 is 14.3 Å². The van der Waals surface area contributed by atoms with E-state index in [1.807, 2.05) is 52.9 Å². The monoisotopic (exact) mass is 459 g/mol. The summed E-state index contributed by atoms with van der Waals surface area (Å²) in [5, 5.41) is 17.7. The van der Waals surface area contributed by atoms with Crippen LogP contribution >= 0.6 is 0 Å². The molecule has 34 heavy (non-hydrogen) atoms. The van der Waals surface area contributed by atoms with E-state index in [2.05, 4.69) is 38.1 Å². The number of esters is 1. The van der Waals surface area contributed by atoms with Gasteiger partial charge in [0.1, 0.15) is 0 Å². The highest BCUT2D eigenvalue weighted by Crippen LogP contribution is 2.39. The summed E-state index contributed by atoms with van der Waals surface area (Å²) in [6.07, 6.45) is 1.63. The van der Waals surface area contributed by atoms with Gasteiger partial charge in [0.05, 0.1) is 29.2 Å². The maximum absolute atomic E-state index is 12.6. The van der Waals surface area contributed by atoms with E-state index in [9.17, 15) is 4.79 Å². The maximum Gasteiger partial charge on any atom is 0.340 e. The number of nitrogens with zero attached hydrogens (tertiary/aromatic N) is 5. The quantitative estimate of drug-likeness (QED) is 0.404. The molecule has 10 heteroatoms. The molecule has 2 aromatic heterocycles. The molecule has 0 aliphatic carbocycles. The molecule has 0 saturated heterocycles. The molecule has 2 aromatic carbocycles. The number of benzene rings is 2. The van der Waals surface area contributed by atoms with E-state index in [0.29, 0.717) is 24.5 Å². The third kappa shape index (κ3) is 3.88. The number of tetrazole rings is 1. The number of aryl methyl sites for hydroxylation is 1. The predicted molar refractivity (Wildman–Crippen MR) is 127 cm³/mol. The molecule has 1 atom stereocenters. The van der Waals surface area contributed by atoms with E-state index in [0.717, 1.165) is 33.9 Å². The number of H-pyrrole nitrogens is 1. The second-order valence-corrected chi connectivity index (χ2v) is 7.96. The van der Waals surface area contributed by atoms with Gasteiger partial charge in [-0.15, -0.1) is 10.2 Å². The Morgan fingerprint density at radius 2 is 2.00 bits per heavy atom. The molecule has 1 aliphatic rings. The zero-order chi connectivity index (χ0) is 23.7. The highest BCUT2D eigenvalue weighted by molar-refractivity contribution is 6.00. The van der Waals surface area contributed by atoms with Crippen LogP contribution in [0.2, 0.25) is 0 Å². The van der Waals surface area contributed by atoms with Gasteiger partial charge in [-0.05, 0) is 60.5 Å². The number of aromatic nitrogens is 5. The number of rotatable bonds is 7. The second-order valence-electron chi connectivity index (χ2n) is 7.96. The van der Waals surface area contributed by atoms with Crippen LogP contribution in [0.4, 0.5) is 11.4 Å². The minimum absolute atomic E-state index is 0.315. The number of ether oxygens (including phenoxy) is 2. The summed E-state index contributed by atoms with van der Waals surface area (Å²) in [7, 11) is 1.64.